The summed E-state index contributed by atoms with van der Waals surface area (Å²) in [5, 5.41) is 11.1. The van der Waals surface area contributed by atoms with Crippen LogP contribution in [0.25, 0.3) is 0 Å². The number of hydrogen-bond donors (Lipinski definition) is 0. The first kappa shape index (κ1) is 18.2. The molecule has 1 rings (SSSR count). The van der Waals surface area contributed by atoms with Crippen LogP contribution in [0.1, 0.15) is 12.8 Å². The summed E-state index contributed by atoms with van der Waals surface area (Å²) in [6, 6.07) is 4.02. The Morgan fingerprint density at radius 1 is 1.04 bits per heavy atom. The van der Waals surface area contributed by atoms with Crippen molar-refractivity contribution in [3.63, 3.8) is 0 Å². The molecule has 9 nitrogen and oxygen atoms in total. The zero-order chi connectivity index (χ0) is 17.2. The second-order valence-corrected chi connectivity index (χ2v) is 4.24. The van der Waals surface area contributed by atoms with Crippen molar-refractivity contribution in [2.45, 2.75) is 12.8 Å². The molecule has 0 heterocycles. The highest BCUT2D eigenvalue weighted by atomic mass is 16.6. The van der Waals surface area contributed by atoms with Gasteiger partial charge in [0.1, 0.15) is 5.75 Å². The summed E-state index contributed by atoms with van der Waals surface area (Å²) in [7, 11) is 2.50. The molecule has 126 valence electrons. The number of rotatable bonds is 9. The van der Waals surface area contributed by atoms with Crippen molar-refractivity contribution in [2.75, 3.05) is 27.4 Å². The van der Waals surface area contributed by atoms with E-state index in [2.05, 4.69) is 9.47 Å². The van der Waals surface area contributed by atoms with Crippen LogP contribution in [0, 0.1) is 10.1 Å². The zero-order valence-corrected chi connectivity index (χ0v) is 12.8. The maximum atomic E-state index is 11.1. The number of hydrogen-bond acceptors (Lipinski definition) is 8. The first-order valence-corrected chi connectivity index (χ1v) is 6.65. The third-order valence-corrected chi connectivity index (χ3v) is 2.72. The summed E-state index contributed by atoms with van der Waals surface area (Å²) in [5.74, 6) is -0.683. The van der Waals surface area contributed by atoms with E-state index < -0.39 is 16.9 Å². The second-order valence-electron chi connectivity index (χ2n) is 4.24. The molecule has 0 saturated carbocycles. The maximum Gasteiger partial charge on any atom is 0.314 e. The van der Waals surface area contributed by atoms with Crippen molar-refractivity contribution >= 4 is 17.6 Å². The van der Waals surface area contributed by atoms with E-state index in [0.717, 1.165) is 0 Å². The fraction of sp³-hybridized carbons (Fsp3) is 0.429. The molecule has 0 N–H and O–H groups in total. The van der Waals surface area contributed by atoms with Crippen molar-refractivity contribution in [1.82, 2.24) is 0 Å². The van der Waals surface area contributed by atoms with E-state index in [9.17, 15) is 19.7 Å². The summed E-state index contributed by atoms with van der Waals surface area (Å²) >= 11 is 0. The molecule has 0 radical (unpaired) electrons. The highest BCUT2D eigenvalue weighted by Gasteiger charge is 2.17. The number of nitro benzene ring substituents is 1. The lowest BCUT2D eigenvalue weighted by atomic mass is 10.2. The van der Waals surface area contributed by atoms with Gasteiger partial charge in [-0.25, -0.2) is 0 Å². The SMILES string of the molecule is COC(=O)CCOc1ccc(OCCC(=O)OC)c([N+](=O)[O-])c1. The molecule has 0 bridgehead atoms. The van der Waals surface area contributed by atoms with Crippen molar-refractivity contribution < 1.29 is 33.5 Å². The van der Waals surface area contributed by atoms with Crippen LogP contribution in [-0.2, 0) is 19.1 Å². The molecule has 0 fully saturated rings. The quantitative estimate of drug-likeness (QED) is 0.380. The first-order chi connectivity index (χ1) is 11.0. The third kappa shape index (κ3) is 6.20. The Balaban J connectivity index is 2.68. The number of ether oxygens (including phenoxy) is 4. The molecular formula is C14H17NO8. The number of esters is 2. The lowest BCUT2D eigenvalue weighted by molar-refractivity contribution is -0.385. The lowest BCUT2D eigenvalue weighted by Crippen LogP contribution is -2.09. The van der Waals surface area contributed by atoms with Gasteiger partial charge in [-0.1, -0.05) is 0 Å². The molecule has 1 aromatic rings. The van der Waals surface area contributed by atoms with E-state index in [1.807, 2.05) is 0 Å². The Labute approximate surface area is 132 Å². The van der Waals surface area contributed by atoms with Crippen LogP contribution >= 0.6 is 0 Å². The van der Waals surface area contributed by atoms with Gasteiger partial charge in [0.25, 0.3) is 0 Å². The number of carbonyl (C=O) groups excluding carboxylic acids is 2. The number of nitro groups is 1. The molecule has 9 heteroatoms. The van der Waals surface area contributed by atoms with Gasteiger partial charge in [-0.3, -0.25) is 19.7 Å². The zero-order valence-electron chi connectivity index (χ0n) is 12.8. The van der Waals surface area contributed by atoms with E-state index in [4.69, 9.17) is 9.47 Å². The first-order valence-electron chi connectivity index (χ1n) is 6.65. The average Bonchev–Trinajstić information content (AvgIpc) is 2.55. The van der Waals surface area contributed by atoms with E-state index in [-0.39, 0.29) is 43.2 Å². The van der Waals surface area contributed by atoms with Gasteiger partial charge in [-0.2, -0.15) is 0 Å². The predicted octanol–water partition coefficient (Wildman–Crippen LogP) is 1.48. The number of methoxy groups -OCH3 is 2. The lowest BCUT2D eigenvalue weighted by Gasteiger charge is -2.09. The van der Waals surface area contributed by atoms with Crippen molar-refractivity contribution in [3.8, 4) is 11.5 Å². The van der Waals surface area contributed by atoms with Crippen molar-refractivity contribution in [3.05, 3.63) is 28.3 Å². The minimum absolute atomic E-state index is 0.0132. The number of nitrogens with zero attached hydrogens (tertiary/aromatic N) is 1. The van der Waals surface area contributed by atoms with E-state index in [0.29, 0.717) is 0 Å². The minimum Gasteiger partial charge on any atom is -0.493 e. The average molecular weight is 327 g/mol. The summed E-state index contributed by atoms with van der Waals surface area (Å²) in [4.78, 5) is 32.4. The van der Waals surface area contributed by atoms with Gasteiger partial charge in [0.05, 0.1) is 51.3 Å². The fourth-order valence-corrected chi connectivity index (χ4v) is 1.55. The molecule has 0 saturated heterocycles. The van der Waals surface area contributed by atoms with Crippen LogP contribution in [0.3, 0.4) is 0 Å². The molecule has 0 spiro atoms. The van der Waals surface area contributed by atoms with Crippen LogP contribution in [0.15, 0.2) is 18.2 Å². The van der Waals surface area contributed by atoms with Crippen molar-refractivity contribution in [1.29, 1.82) is 0 Å². The van der Waals surface area contributed by atoms with Gasteiger partial charge in [0.2, 0.25) is 0 Å². The molecule has 0 aliphatic heterocycles. The molecule has 23 heavy (non-hydrogen) atoms. The van der Waals surface area contributed by atoms with Crippen LogP contribution < -0.4 is 9.47 Å². The molecule has 1 aromatic carbocycles. The Kier molecular flexibility index (Phi) is 7.31. The van der Waals surface area contributed by atoms with E-state index in [1.165, 1.54) is 32.4 Å². The highest BCUT2D eigenvalue weighted by Crippen LogP contribution is 2.31. The smallest absolute Gasteiger partial charge is 0.314 e. The topological polar surface area (TPSA) is 114 Å². The molecule has 0 aliphatic carbocycles. The van der Waals surface area contributed by atoms with Gasteiger partial charge in [0, 0.05) is 0 Å². The predicted molar refractivity (Wildman–Crippen MR) is 77.4 cm³/mol. The number of benzene rings is 1. The maximum absolute atomic E-state index is 11.1. The number of carbonyl (C=O) groups is 2. The van der Waals surface area contributed by atoms with Crippen LogP contribution in [-0.4, -0.2) is 44.3 Å². The largest absolute Gasteiger partial charge is 0.493 e. The molecule has 0 atom stereocenters. The molecule has 0 unspecified atom stereocenters. The van der Waals surface area contributed by atoms with Gasteiger partial charge in [0.15, 0.2) is 5.75 Å². The van der Waals surface area contributed by atoms with E-state index in [1.54, 1.807) is 0 Å². The van der Waals surface area contributed by atoms with Crippen molar-refractivity contribution in [2.24, 2.45) is 0 Å². The molecule has 0 aliphatic rings. The normalized spacial score (nSPS) is 9.83. The summed E-state index contributed by atoms with van der Waals surface area (Å²) in [5.41, 5.74) is -0.301. The van der Waals surface area contributed by atoms with Crippen LogP contribution in [0.5, 0.6) is 11.5 Å². The highest BCUT2D eigenvalue weighted by molar-refractivity contribution is 5.69. The minimum atomic E-state index is -0.624. The van der Waals surface area contributed by atoms with Gasteiger partial charge in [-0.05, 0) is 12.1 Å². The standard InChI is InChI=1S/C14H17NO8/c1-20-13(16)5-7-22-10-3-4-12(11(9-10)15(18)19)23-8-6-14(17)21-2/h3-4,9H,5-8H2,1-2H3. The Morgan fingerprint density at radius 3 is 2.13 bits per heavy atom. The van der Waals surface area contributed by atoms with Crippen LogP contribution in [0.2, 0.25) is 0 Å². The third-order valence-electron chi connectivity index (χ3n) is 2.72. The summed E-state index contributed by atoms with van der Waals surface area (Å²) < 4.78 is 19.4. The molecule has 0 amide bonds. The Bertz CT molecular complexity index is 572. The summed E-state index contributed by atoms with van der Waals surface area (Å²) in [6.45, 7) is -0.0115. The van der Waals surface area contributed by atoms with Gasteiger partial charge < -0.3 is 18.9 Å². The van der Waals surface area contributed by atoms with Gasteiger partial charge in [-0.15, -0.1) is 0 Å². The Hall–Kier alpha value is -2.84. The fourth-order valence-electron chi connectivity index (χ4n) is 1.55. The monoisotopic (exact) mass is 327 g/mol. The molecular weight excluding hydrogens is 310 g/mol. The van der Waals surface area contributed by atoms with Gasteiger partial charge >= 0.3 is 17.6 Å². The second kappa shape index (κ2) is 9.23. The Morgan fingerprint density at radius 2 is 1.61 bits per heavy atom. The van der Waals surface area contributed by atoms with Crippen LogP contribution in [0.4, 0.5) is 5.69 Å². The summed E-state index contributed by atoms with van der Waals surface area (Å²) in [6.07, 6.45) is 0.00666. The van der Waals surface area contributed by atoms with E-state index >= 15 is 0 Å². The molecule has 0 aromatic heterocycles.